The second kappa shape index (κ2) is 9.23. The number of benzene rings is 1. The van der Waals surface area contributed by atoms with Crippen LogP contribution in [-0.2, 0) is 9.22 Å². The first kappa shape index (κ1) is 23.4. The van der Waals surface area contributed by atoms with E-state index in [4.69, 9.17) is 9.41 Å². The molecule has 0 saturated heterocycles. The number of hydrogen-bond donors (Lipinski definition) is 2. The molecule has 1 aliphatic rings. The smallest absolute Gasteiger partial charge is 0.228 e. The van der Waals surface area contributed by atoms with Gasteiger partial charge in [0.2, 0.25) is 5.91 Å². The van der Waals surface area contributed by atoms with Crippen LogP contribution in [0.3, 0.4) is 0 Å². The number of amides is 1. The van der Waals surface area contributed by atoms with E-state index in [1.54, 1.807) is 6.20 Å². The zero-order valence-corrected chi connectivity index (χ0v) is 21.2. The van der Waals surface area contributed by atoms with Crippen molar-refractivity contribution >= 4 is 36.6 Å². The Morgan fingerprint density at radius 3 is 2.48 bits per heavy atom. The molecule has 0 bridgehead atoms. The first-order valence-electron chi connectivity index (χ1n) is 11.7. The number of carbonyl (C=O) groups is 1. The third-order valence-electron chi connectivity index (χ3n) is 6.72. The molecule has 0 atom stereocenters. The van der Waals surface area contributed by atoms with E-state index in [2.05, 4.69) is 61.6 Å². The average Bonchev–Trinajstić information content (AvgIpc) is 3.62. The molecular weight excluding hydrogens is 428 g/mol. The van der Waals surface area contributed by atoms with Gasteiger partial charge in [0.25, 0.3) is 0 Å². The fraction of sp³-hybridized carbons (Fsp3) is 0.423. The minimum absolute atomic E-state index is 0.0540. The third-order valence-corrected chi connectivity index (χ3v) is 11.3. The minimum Gasteiger partial charge on any atom is -0.415 e. The van der Waals surface area contributed by atoms with Crippen molar-refractivity contribution in [3.63, 3.8) is 0 Å². The summed E-state index contributed by atoms with van der Waals surface area (Å²) in [4.78, 5) is 21.5. The minimum atomic E-state index is -1.79. The van der Waals surface area contributed by atoms with Crippen molar-refractivity contribution in [2.24, 2.45) is 5.92 Å². The summed E-state index contributed by atoms with van der Waals surface area (Å²) in [5, 5.41) is 8.52. The lowest BCUT2D eigenvalue weighted by Crippen LogP contribution is -2.41. The van der Waals surface area contributed by atoms with Gasteiger partial charge in [0.1, 0.15) is 11.6 Å². The van der Waals surface area contributed by atoms with Crippen LogP contribution in [0.2, 0.25) is 18.1 Å². The normalized spacial score (nSPS) is 14.3. The monoisotopic (exact) mass is 462 g/mol. The standard InChI is InChI=1S/C26H34N4O2Si/c1-26(2,3)33(4,5)32-14-13-27-24-22-17-28-23(30-25(31)19-11-12-19)15-20(22)21(16-29-24)18-9-7-6-8-10-18/h6-10,15-17,19H,11-14H2,1-5H3,(H,27,29)(H,28,30,31). The van der Waals surface area contributed by atoms with Crippen LogP contribution in [0.1, 0.15) is 33.6 Å². The molecule has 0 radical (unpaired) electrons. The molecule has 4 rings (SSSR count). The Hall–Kier alpha value is -2.77. The van der Waals surface area contributed by atoms with Gasteiger partial charge in [-0.15, -0.1) is 0 Å². The average molecular weight is 463 g/mol. The topological polar surface area (TPSA) is 76.1 Å². The maximum absolute atomic E-state index is 12.3. The lowest BCUT2D eigenvalue weighted by atomic mass is 10.0. The van der Waals surface area contributed by atoms with Gasteiger partial charge in [0.15, 0.2) is 8.32 Å². The molecule has 6 nitrogen and oxygen atoms in total. The number of nitrogens with one attached hydrogen (secondary N) is 2. The Balaban J connectivity index is 1.59. The summed E-state index contributed by atoms with van der Waals surface area (Å²) in [6, 6.07) is 12.1. The number of fused-ring (bicyclic) bond motifs is 1. The molecule has 2 heterocycles. The molecule has 0 unspecified atom stereocenters. The van der Waals surface area contributed by atoms with E-state index in [9.17, 15) is 4.79 Å². The van der Waals surface area contributed by atoms with Gasteiger partial charge in [-0.2, -0.15) is 0 Å². The van der Waals surface area contributed by atoms with E-state index in [0.29, 0.717) is 19.0 Å². The maximum atomic E-state index is 12.3. The summed E-state index contributed by atoms with van der Waals surface area (Å²) in [6.45, 7) is 12.6. The molecule has 1 saturated carbocycles. The molecule has 0 aliphatic heterocycles. The molecule has 7 heteroatoms. The number of hydrogen-bond acceptors (Lipinski definition) is 5. The second-order valence-electron chi connectivity index (χ2n) is 10.3. The molecule has 174 valence electrons. The van der Waals surface area contributed by atoms with Gasteiger partial charge in [0, 0.05) is 35.8 Å². The van der Waals surface area contributed by atoms with E-state index < -0.39 is 8.32 Å². The molecule has 0 spiro atoms. The lowest BCUT2D eigenvalue weighted by molar-refractivity contribution is -0.117. The largest absolute Gasteiger partial charge is 0.415 e. The molecule has 1 amide bonds. The first-order valence-corrected chi connectivity index (χ1v) is 14.6. The number of pyridine rings is 2. The van der Waals surface area contributed by atoms with Crippen LogP contribution >= 0.6 is 0 Å². The summed E-state index contributed by atoms with van der Waals surface area (Å²) >= 11 is 0. The fourth-order valence-electron chi connectivity index (χ4n) is 3.46. The Morgan fingerprint density at radius 2 is 1.82 bits per heavy atom. The zero-order chi connectivity index (χ0) is 23.6. The Kier molecular flexibility index (Phi) is 6.54. The van der Waals surface area contributed by atoms with Gasteiger partial charge in [-0.25, -0.2) is 9.97 Å². The zero-order valence-electron chi connectivity index (χ0n) is 20.2. The van der Waals surface area contributed by atoms with Crippen molar-refractivity contribution in [1.29, 1.82) is 0 Å². The van der Waals surface area contributed by atoms with E-state index in [1.807, 2.05) is 30.5 Å². The number of nitrogens with zero attached hydrogens (tertiary/aromatic N) is 2. The van der Waals surface area contributed by atoms with E-state index >= 15 is 0 Å². The summed E-state index contributed by atoms with van der Waals surface area (Å²) in [7, 11) is -1.79. The van der Waals surface area contributed by atoms with Crippen LogP contribution in [0.15, 0.2) is 48.8 Å². The highest BCUT2D eigenvalue weighted by Crippen LogP contribution is 2.37. The summed E-state index contributed by atoms with van der Waals surface area (Å²) in [6.07, 6.45) is 5.61. The van der Waals surface area contributed by atoms with Crippen molar-refractivity contribution in [3.8, 4) is 11.1 Å². The van der Waals surface area contributed by atoms with E-state index in [-0.39, 0.29) is 16.9 Å². The van der Waals surface area contributed by atoms with Crippen LogP contribution in [0.5, 0.6) is 0 Å². The van der Waals surface area contributed by atoms with Crippen molar-refractivity contribution in [2.75, 3.05) is 23.8 Å². The molecule has 1 aliphatic carbocycles. The van der Waals surface area contributed by atoms with Crippen LogP contribution in [0, 0.1) is 5.92 Å². The number of carbonyl (C=O) groups excluding carboxylic acids is 1. The molecule has 1 fully saturated rings. The maximum Gasteiger partial charge on any atom is 0.228 e. The molecular formula is C26H34N4O2Si. The van der Waals surface area contributed by atoms with Gasteiger partial charge in [-0.1, -0.05) is 51.1 Å². The van der Waals surface area contributed by atoms with Crippen LogP contribution < -0.4 is 10.6 Å². The Bertz CT molecular complexity index is 1140. The summed E-state index contributed by atoms with van der Waals surface area (Å²) in [5.41, 5.74) is 2.09. The Morgan fingerprint density at radius 1 is 1.09 bits per heavy atom. The molecule has 1 aromatic carbocycles. The quantitative estimate of drug-likeness (QED) is 0.313. The van der Waals surface area contributed by atoms with Crippen molar-refractivity contribution in [3.05, 3.63) is 48.8 Å². The van der Waals surface area contributed by atoms with Crippen molar-refractivity contribution < 1.29 is 9.22 Å². The predicted molar refractivity (Wildman–Crippen MR) is 138 cm³/mol. The first-order chi connectivity index (χ1) is 15.7. The van der Waals surface area contributed by atoms with Crippen LogP contribution in [0.25, 0.3) is 21.9 Å². The molecule has 2 N–H and O–H groups in total. The van der Waals surface area contributed by atoms with E-state index in [0.717, 1.165) is 40.6 Å². The Labute approximate surface area is 197 Å². The third kappa shape index (κ3) is 5.42. The fourth-order valence-corrected chi connectivity index (χ4v) is 4.50. The molecule has 3 aromatic rings. The van der Waals surface area contributed by atoms with Crippen LogP contribution in [-0.4, -0.2) is 37.3 Å². The predicted octanol–water partition coefficient (Wildman–Crippen LogP) is 6.08. The number of anilines is 2. The van der Waals surface area contributed by atoms with Crippen LogP contribution in [0.4, 0.5) is 11.6 Å². The highest BCUT2D eigenvalue weighted by Gasteiger charge is 2.36. The van der Waals surface area contributed by atoms with Gasteiger partial charge in [0.05, 0.1) is 6.61 Å². The highest BCUT2D eigenvalue weighted by atomic mass is 28.4. The summed E-state index contributed by atoms with van der Waals surface area (Å²) < 4.78 is 6.30. The molecule has 33 heavy (non-hydrogen) atoms. The lowest BCUT2D eigenvalue weighted by Gasteiger charge is -2.36. The SMILES string of the molecule is CC(C)(C)[Si](C)(C)OCCNc1ncc(-c2ccccc2)c2cc(NC(=O)C3CC3)ncc12. The van der Waals surface area contributed by atoms with Gasteiger partial charge < -0.3 is 15.1 Å². The second-order valence-corrected chi connectivity index (χ2v) is 15.1. The highest BCUT2D eigenvalue weighted by molar-refractivity contribution is 6.74. The number of aromatic nitrogens is 2. The summed E-state index contributed by atoms with van der Waals surface area (Å²) in [5.74, 6) is 1.54. The van der Waals surface area contributed by atoms with Crippen molar-refractivity contribution in [1.82, 2.24) is 9.97 Å². The number of rotatable bonds is 8. The van der Waals surface area contributed by atoms with Gasteiger partial charge in [-0.05, 0) is 48.0 Å². The van der Waals surface area contributed by atoms with Crippen molar-refractivity contribution in [2.45, 2.75) is 51.7 Å². The molecule has 2 aromatic heterocycles. The van der Waals surface area contributed by atoms with E-state index in [1.165, 1.54) is 0 Å². The van der Waals surface area contributed by atoms with Gasteiger partial charge in [-0.3, -0.25) is 4.79 Å². The van der Waals surface area contributed by atoms with Gasteiger partial charge >= 0.3 is 0 Å².